The van der Waals surface area contributed by atoms with Crippen LogP contribution in [-0.4, -0.2) is 43.7 Å². The molecular formula is C24H22N5O4S+. The molecule has 1 aliphatic rings. The Morgan fingerprint density at radius 2 is 1.62 bits per heavy atom. The van der Waals surface area contributed by atoms with Crippen molar-refractivity contribution in [3.8, 4) is 11.5 Å². The molecule has 0 saturated carbocycles. The number of rotatable bonds is 6. The van der Waals surface area contributed by atoms with Crippen LogP contribution in [-0.2, 0) is 4.79 Å². The van der Waals surface area contributed by atoms with Crippen LogP contribution in [0.25, 0.3) is 0 Å². The number of azo groups is 1. The van der Waals surface area contributed by atoms with Gasteiger partial charge in [0.15, 0.2) is 0 Å². The molecule has 3 aromatic rings. The zero-order valence-electron chi connectivity index (χ0n) is 18.2. The second-order valence-electron chi connectivity index (χ2n) is 7.42. The molecule has 1 aliphatic heterocycles. The van der Waals surface area contributed by atoms with Crippen molar-refractivity contribution < 1.29 is 24.4 Å². The van der Waals surface area contributed by atoms with E-state index in [1.807, 2.05) is 35.8 Å². The molecule has 0 spiro atoms. The van der Waals surface area contributed by atoms with E-state index in [9.17, 15) is 19.8 Å². The third-order valence-corrected chi connectivity index (χ3v) is 6.02. The van der Waals surface area contributed by atoms with Gasteiger partial charge in [-0.3, -0.25) is 20.4 Å². The summed E-state index contributed by atoms with van der Waals surface area (Å²) in [5.74, 6) is -0.758. The number of nitrogens with zero attached hydrogens (tertiary/aromatic N) is 3. The van der Waals surface area contributed by atoms with E-state index in [0.29, 0.717) is 11.4 Å². The Bertz CT molecular complexity index is 1290. The number of amides is 2. The number of hydrogen-bond acceptors (Lipinski definition) is 7. The molecule has 1 unspecified atom stereocenters. The molecule has 1 heterocycles. The Balaban J connectivity index is 1.47. The number of aromatic hydroxyl groups is 2. The zero-order valence-corrected chi connectivity index (χ0v) is 19.0. The fourth-order valence-corrected chi connectivity index (χ4v) is 4.12. The molecule has 0 bridgehead atoms. The predicted molar refractivity (Wildman–Crippen MR) is 128 cm³/mol. The van der Waals surface area contributed by atoms with Crippen LogP contribution in [0.5, 0.6) is 11.5 Å². The van der Waals surface area contributed by atoms with Crippen LogP contribution < -0.4 is 10.9 Å². The Hall–Kier alpha value is -4.18. The summed E-state index contributed by atoms with van der Waals surface area (Å²) in [6.45, 7) is 1.98. The molecule has 10 heteroatoms. The van der Waals surface area contributed by atoms with Gasteiger partial charge in [-0.15, -0.1) is 0 Å². The number of hydrogen-bond donors (Lipinski definition) is 4. The van der Waals surface area contributed by atoms with Crippen LogP contribution in [0.1, 0.15) is 21.5 Å². The quantitative estimate of drug-likeness (QED) is 0.320. The standard InChI is InChI=1S/C24H21N5O4S/c1-15-10-12-16(13-11-15)29-22(17-6-2-4-8-19(17)30)26-28-24(29)34-14-21(32)25-27-23(33)18-7-3-5-9-20(18)31/h2-13,24H,14H2,1H3,(H3,25,26,27,28,30,31,32,33)/p+1. The number of carbonyl (C=O) groups is 2. The van der Waals surface area contributed by atoms with Crippen molar-refractivity contribution in [2.75, 3.05) is 5.75 Å². The molecule has 0 fully saturated rings. The second-order valence-corrected chi connectivity index (χ2v) is 8.46. The smallest absolute Gasteiger partial charge is 0.364 e. The predicted octanol–water partition coefficient (Wildman–Crippen LogP) is 3.44. The lowest BCUT2D eigenvalue weighted by Crippen LogP contribution is -2.42. The van der Waals surface area contributed by atoms with Crippen LogP contribution in [0.4, 0.5) is 5.69 Å². The highest BCUT2D eigenvalue weighted by molar-refractivity contribution is 8.00. The molecule has 172 valence electrons. The first-order valence-corrected chi connectivity index (χ1v) is 11.4. The SMILES string of the molecule is Cc1ccc([N+]2=C(c3ccccc3O)N=NC2SCC(=O)NNC(=O)c2ccccc2O)cc1. The van der Waals surface area contributed by atoms with E-state index in [-0.39, 0.29) is 22.8 Å². The number of amidine groups is 1. The van der Waals surface area contributed by atoms with E-state index in [1.165, 1.54) is 23.9 Å². The number of hydrazine groups is 1. The summed E-state index contributed by atoms with van der Waals surface area (Å²) in [5, 5.41) is 28.7. The maximum absolute atomic E-state index is 12.4. The van der Waals surface area contributed by atoms with Gasteiger partial charge in [0.1, 0.15) is 22.7 Å². The normalized spacial score (nSPS) is 14.8. The molecule has 1 atom stereocenters. The molecule has 0 saturated heterocycles. The fourth-order valence-electron chi connectivity index (χ4n) is 3.26. The number of thioether (sulfide) groups is 1. The molecule has 2 amide bonds. The minimum absolute atomic E-state index is 0.0266. The van der Waals surface area contributed by atoms with Crippen LogP contribution in [0.15, 0.2) is 83.0 Å². The third kappa shape index (κ3) is 5.07. The molecule has 4 N–H and O–H groups in total. The van der Waals surface area contributed by atoms with Gasteiger partial charge in [0.25, 0.3) is 11.4 Å². The first-order chi connectivity index (χ1) is 16.4. The lowest BCUT2D eigenvalue weighted by Gasteiger charge is -2.12. The minimum Gasteiger partial charge on any atom is -0.507 e. The van der Waals surface area contributed by atoms with Crippen molar-refractivity contribution in [2.24, 2.45) is 10.2 Å². The van der Waals surface area contributed by atoms with Gasteiger partial charge in [0.2, 0.25) is 5.91 Å². The number of carbonyl (C=O) groups excluding carboxylic acids is 2. The average molecular weight is 477 g/mol. The zero-order chi connectivity index (χ0) is 24.1. The Morgan fingerprint density at radius 1 is 0.941 bits per heavy atom. The lowest BCUT2D eigenvalue weighted by molar-refractivity contribution is -0.448. The van der Waals surface area contributed by atoms with Crippen LogP contribution in [0.3, 0.4) is 0 Å². The Kier molecular flexibility index (Phi) is 6.88. The summed E-state index contributed by atoms with van der Waals surface area (Å²) >= 11 is 1.20. The monoisotopic (exact) mass is 476 g/mol. The summed E-state index contributed by atoms with van der Waals surface area (Å²) in [4.78, 5) is 24.5. The van der Waals surface area contributed by atoms with Crippen LogP contribution >= 0.6 is 11.8 Å². The van der Waals surface area contributed by atoms with E-state index >= 15 is 0 Å². The van der Waals surface area contributed by atoms with E-state index in [0.717, 1.165) is 11.3 Å². The summed E-state index contributed by atoms with van der Waals surface area (Å²) in [6.07, 6.45) is 0. The van der Waals surface area contributed by atoms with Crippen molar-refractivity contribution in [3.05, 3.63) is 89.5 Å². The number of aryl methyl sites for hydroxylation is 1. The summed E-state index contributed by atoms with van der Waals surface area (Å²) in [5.41, 5.74) is 6.53. The maximum Gasteiger partial charge on any atom is 0.364 e. The highest BCUT2D eigenvalue weighted by atomic mass is 32.2. The van der Waals surface area contributed by atoms with Gasteiger partial charge in [-0.1, -0.05) is 53.7 Å². The lowest BCUT2D eigenvalue weighted by atomic mass is 10.1. The van der Waals surface area contributed by atoms with Crippen LogP contribution in [0, 0.1) is 6.92 Å². The molecule has 9 nitrogen and oxygen atoms in total. The van der Waals surface area contributed by atoms with Crippen molar-refractivity contribution in [2.45, 2.75) is 12.4 Å². The first kappa shape index (κ1) is 23.0. The van der Waals surface area contributed by atoms with Crippen molar-refractivity contribution >= 4 is 35.1 Å². The van der Waals surface area contributed by atoms with Gasteiger partial charge in [-0.05, 0) is 48.4 Å². The first-order valence-electron chi connectivity index (χ1n) is 10.3. The third-order valence-electron chi connectivity index (χ3n) is 4.99. The molecular weight excluding hydrogens is 454 g/mol. The highest BCUT2D eigenvalue weighted by Gasteiger charge is 2.36. The van der Waals surface area contributed by atoms with Crippen molar-refractivity contribution in [1.29, 1.82) is 0 Å². The maximum atomic E-state index is 12.4. The number of benzene rings is 3. The van der Waals surface area contributed by atoms with Crippen molar-refractivity contribution in [1.82, 2.24) is 10.9 Å². The summed E-state index contributed by atoms with van der Waals surface area (Å²) in [7, 11) is 0. The number of nitrogens with one attached hydrogen (secondary N) is 2. The van der Waals surface area contributed by atoms with Gasteiger partial charge in [0.05, 0.1) is 16.4 Å². The number of para-hydroxylation sites is 2. The fraction of sp³-hybridized carbons (Fsp3) is 0.125. The van der Waals surface area contributed by atoms with Gasteiger partial charge < -0.3 is 10.2 Å². The van der Waals surface area contributed by atoms with Gasteiger partial charge in [0, 0.05) is 0 Å². The Morgan fingerprint density at radius 3 is 2.32 bits per heavy atom. The average Bonchev–Trinajstić information content (AvgIpc) is 3.26. The molecule has 0 aliphatic carbocycles. The van der Waals surface area contributed by atoms with E-state index in [4.69, 9.17) is 0 Å². The molecule has 34 heavy (non-hydrogen) atoms. The van der Waals surface area contributed by atoms with E-state index < -0.39 is 17.3 Å². The summed E-state index contributed by atoms with van der Waals surface area (Å²) in [6, 6.07) is 20.6. The topological polar surface area (TPSA) is 126 Å². The highest BCUT2D eigenvalue weighted by Crippen LogP contribution is 2.31. The molecule has 0 aromatic heterocycles. The van der Waals surface area contributed by atoms with Crippen molar-refractivity contribution in [3.63, 3.8) is 0 Å². The molecule has 0 radical (unpaired) electrons. The number of phenolic OH excluding ortho intramolecular Hbond substituents is 2. The number of phenols is 2. The van der Waals surface area contributed by atoms with Gasteiger partial charge in [-0.2, -0.15) is 4.58 Å². The minimum atomic E-state index is -0.631. The Labute approximate surface area is 199 Å². The van der Waals surface area contributed by atoms with E-state index in [1.54, 1.807) is 36.4 Å². The van der Waals surface area contributed by atoms with Gasteiger partial charge in [-0.25, -0.2) is 0 Å². The van der Waals surface area contributed by atoms with Gasteiger partial charge >= 0.3 is 5.84 Å². The largest absolute Gasteiger partial charge is 0.507 e. The van der Waals surface area contributed by atoms with Crippen LogP contribution in [0.2, 0.25) is 0 Å². The second kappa shape index (κ2) is 10.2. The summed E-state index contributed by atoms with van der Waals surface area (Å²) < 4.78 is 1.84. The van der Waals surface area contributed by atoms with E-state index in [2.05, 4.69) is 21.1 Å². The molecule has 3 aromatic carbocycles. The molecule has 4 rings (SSSR count).